The number of unbranched alkanes of at least 4 members (excludes halogenated alkanes) is 1. The van der Waals surface area contributed by atoms with Crippen molar-refractivity contribution in [3.8, 4) is 12.3 Å². The fourth-order valence-electron chi connectivity index (χ4n) is 1.40. The Balaban J connectivity index is 3.49. The first kappa shape index (κ1) is 12.5. The third-order valence-corrected chi connectivity index (χ3v) is 2.40. The van der Waals surface area contributed by atoms with Crippen LogP contribution in [0.4, 0.5) is 0 Å². The van der Waals surface area contributed by atoms with E-state index in [4.69, 9.17) is 6.42 Å². The van der Waals surface area contributed by atoms with Gasteiger partial charge in [-0.1, -0.05) is 20.8 Å². The summed E-state index contributed by atoms with van der Waals surface area (Å²) in [6.07, 6.45) is 9.78. The first-order valence-electron chi connectivity index (χ1n) is 5.26. The Morgan fingerprint density at radius 3 is 2.54 bits per heavy atom. The largest absolute Gasteiger partial charge is 0.317 e. The van der Waals surface area contributed by atoms with Gasteiger partial charge in [0.05, 0.1) is 0 Å². The maximum atomic E-state index is 5.22. The van der Waals surface area contributed by atoms with Crippen molar-refractivity contribution in [3.05, 3.63) is 0 Å². The predicted octanol–water partition coefficient (Wildman–Crippen LogP) is 2.82. The minimum Gasteiger partial charge on any atom is -0.317 e. The van der Waals surface area contributed by atoms with Gasteiger partial charge < -0.3 is 5.32 Å². The lowest BCUT2D eigenvalue weighted by molar-refractivity contribution is 0.296. The first-order chi connectivity index (χ1) is 6.12. The molecule has 1 heteroatoms. The molecule has 0 aliphatic rings. The molecule has 0 fully saturated rings. The van der Waals surface area contributed by atoms with E-state index in [1.165, 1.54) is 12.8 Å². The molecule has 0 amide bonds. The van der Waals surface area contributed by atoms with Crippen LogP contribution in [-0.4, -0.2) is 13.1 Å². The molecule has 0 heterocycles. The molecule has 0 aliphatic carbocycles. The molecular formula is C12H23N. The predicted molar refractivity (Wildman–Crippen MR) is 59.6 cm³/mol. The van der Waals surface area contributed by atoms with Crippen molar-refractivity contribution in [3.63, 3.8) is 0 Å². The summed E-state index contributed by atoms with van der Waals surface area (Å²) in [6, 6.07) is 0. The number of terminal acetylenes is 1. The van der Waals surface area contributed by atoms with Crippen LogP contribution in [0.15, 0.2) is 0 Å². The van der Waals surface area contributed by atoms with E-state index in [1.54, 1.807) is 0 Å². The van der Waals surface area contributed by atoms with E-state index in [0.717, 1.165) is 25.9 Å². The average molecular weight is 181 g/mol. The van der Waals surface area contributed by atoms with Crippen molar-refractivity contribution in [2.75, 3.05) is 13.1 Å². The van der Waals surface area contributed by atoms with Crippen molar-refractivity contribution in [1.82, 2.24) is 5.32 Å². The number of nitrogens with one attached hydrogen (secondary N) is 1. The molecule has 1 N–H and O–H groups in total. The van der Waals surface area contributed by atoms with Crippen LogP contribution in [0.1, 0.15) is 46.5 Å². The van der Waals surface area contributed by atoms with Gasteiger partial charge in [0.2, 0.25) is 0 Å². The van der Waals surface area contributed by atoms with E-state index in [0.29, 0.717) is 5.41 Å². The number of hydrogen-bond acceptors (Lipinski definition) is 1. The molecule has 0 rings (SSSR count). The van der Waals surface area contributed by atoms with Crippen LogP contribution in [0.5, 0.6) is 0 Å². The number of hydrogen-bond donors (Lipinski definition) is 1. The lowest BCUT2D eigenvalue weighted by Crippen LogP contribution is -2.22. The van der Waals surface area contributed by atoms with Crippen LogP contribution in [0.2, 0.25) is 0 Å². The van der Waals surface area contributed by atoms with Gasteiger partial charge in [-0.15, -0.1) is 12.3 Å². The van der Waals surface area contributed by atoms with Gasteiger partial charge in [-0.05, 0) is 37.8 Å². The lowest BCUT2D eigenvalue weighted by Gasteiger charge is -2.24. The molecule has 0 bridgehead atoms. The van der Waals surface area contributed by atoms with Crippen molar-refractivity contribution in [2.45, 2.75) is 46.5 Å². The maximum absolute atomic E-state index is 5.22. The Bertz CT molecular complexity index is 153. The van der Waals surface area contributed by atoms with E-state index in [9.17, 15) is 0 Å². The summed E-state index contributed by atoms with van der Waals surface area (Å²) in [4.78, 5) is 0. The molecule has 0 radical (unpaired) electrons. The van der Waals surface area contributed by atoms with Crippen LogP contribution in [0, 0.1) is 17.8 Å². The molecule has 0 aliphatic heterocycles. The summed E-state index contributed by atoms with van der Waals surface area (Å²) in [6.45, 7) is 8.98. The maximum Gasteiger partial charge on any atom is 0.00862 e. The monoisotopic (exact) mass is 181 g/mol. The topological polar surface area (TPSA) is 12.0 Å². The van der Waals surface area contributed by atoms with Gasteiger partial charge in [0.25, 0.3) is 0 Å². The van der Waals surface area contributed by atoms with Crippen molar-refractivity contribution in [1.29, 1.82) is 0 Å². The minimum atomic E-state index is 0.443. The molecule has 0 aromatic carbocycles. The Kier molecular flexibility index (Phi) is 6.72. The van der Waals surface area contributed by atoms with Crippen LogP contribution >= 0.6 is 0 Å². The summed E-state index contributed by atoms with van der Waals surface area (Å²) < 4.78 is 0. The standard InChI is InChI=1S/C12H23N/c1-5-7-8-9-12(3,4)10-11-13-6-2/h1,13H,6-11H2,2-4H3. The molecule has 0 aromatic rings. The van der Waals surface area contributed by atoms with E-state index < -0.39 is 0 Å². The van der Waals surface area contributed by atoms with Gasteiger partial charge in [-0.25, -0.2) is 0 Å². The summed E-state index contributed by atoms with van der Waals surface area (Å²) in [5, 5.41) is 3.35. The average Bonchev–Trinajstić information content (AvgIpc) is 2.05. The summed E-state index contributed by atoms with van der Waals surface area (Å²) in [5.41, 5.74) is 0.443. The molecule has 0 saturated heterocycles. The number of rotatable bonds is 7. The molecular weight excluding hydrogens is 158 g/mol. The van der Waals surface area contributed by atoms with Gasteiger partial charge in [-0.2, -0.15) is 0 Å². The highest BCUT2D eigenvalue weighted by molar-refractivity contribution is 4.84. The van der Waals surface area contributed by atoms with E-state index in [1.807, 2.05) is 0 Å². The van der Waals surface area contributed by atoms with Crippen molar-refractivity contribution in [2.24, 2.45) is 5.41 Å². The van der Waals surface area contributed by atoms with Gasteiger partial charge >= 0.3 is 0 Å². The highest BCUT2D eigenvalue weighted by Gasteiger charge is 2.15. The van der Waals surface area contributed by atoms with Crippen molar-refractivity contribution >= 4 is 0 Å². The normalized spacial score (nSPS) is 11.2. The fourth-order valence-corrected chi connectivity index (χ4v) is 1.40. The van der Waals surface area contributed by atoms with Crippen molar-refractivity contribution < 1.29 is 0 Å². The third-order valence-electron chi connectivity index (χ3n) is 2.40. The smallest absolute Gasteiger partial charge is 0.00862 e. The zero-order chi connectivity index (χ0) is 10.2. The SMILES string of the molecule is C#CCCCC(C)(C)CCNCC. The van der Waals surface area contributed by atoms with Gasteiger partial charge in [0.15, 0.2) is 0 Å². The van der Waals surface area contributed by atoms with E-state index >= 15 is 0 Å². The van der Waals surface area contributed by atoms with Crippen LogP contribution in [0.3, 0.4) is 0 Å². The molecule has 0 unspecified atom stereocenters. The van der Waals surface area contributed by atoms with Crippen LogP contribution in [-0.2, 0) is 0 Å². The second-order valence-corrected chi connectivity index (χ2v) is 4.33. The Morgan fingerprint density at radius 1 is 1.31 bits per heavy atom. The fraction of sp³-hybridized carbons (Fsp3) is 0.833. The van der Waals surface area contributed by atoms with Crippen LogP contribution in [0.25, 0.3) is 0 Å². The van der Waals surface area contributed by atoms with Gasteiger partial charge in [0.1, 0.15) is 0 Å². The highest BCUT2D eigenvalue weighted by Crippen LogP contribution is 2.26. The molecule has 0 spiro atoms. The second kappa shape index (κ2) is 6.97. The Hall–Kier alpha value is -0.480. The van der Waals surface area contributed by atoms with Crippen LogP contribution < -0.4 is 5.32 Å². The molecule has 0 atom stereocenters. The molecule has 76 valence electrons. The Morgan fingerprint density at radius 2 is 2.00 bits per heavy atom. The first-order valence-corrected chi connectivity index (χ1v) is 5.26. The highest BCUT2D eigenvalue weighted by atomic mass is 14.8. The molecule has 13 heavy (non-hydrogen) atoms. The quantitative estimate of drug-likeness (QED) is 0.470. The molecule has 1 nitrogen and oxygen atoms in total. The Labute approximate surface area is 83.3 Å². The van der Waals surface area contributed by atoms with E-state index in [-0.39, 0.29) is 0 Å². The van der Waals surface area contributed by atoms with Gasteiger partial charge in [0, 0.05) is 6.42 Å². The summed E-state index contributed by atoms with van der Waals surface area (Å²) in [5.74, 6) is 2.69. The van der Waals surface area contributed by atoms with Gasteiger partial charge in [-0.3, -0.25) is 0 Å². The zero-order valence-electron chi connectivity index (χ0n) is 9.32. The molecule has 0 saturated carbocycles. The summed E-state index contributed by atoms with van der Waals surface area (Å²) in [7, 11) is 0. The lowest BCUT2D eigenvalue weighted by atomic mass is 9.84. The molecule has 0 aromatic heterocycles. The zero-order valence-corrected chi connectivity index (χ0v) is 9.32. The minimum absolute atomic E-state index is 0.443. The van der Waals surface area contributed by atoms with E-state index in [2.05, 4.69) is 32.0 Å². The third kappa shape index (κ3) is 7.87. The second-order valence-electron chi connectivity index (χ2n) is 4.33. The summed E-state index contributed by atoms with van der Waals surface area (Å²) >= 11 is 0.